The molecule has 1 unspecified atom stereocenters. The number of hydrogen-bond donors (Lipinski definition) is 0. The van der Waals surface area contributed by atoms with Gasteiger partial charge in [0, 0.05) is 18.8 Å². The Hall–Kier alpha value is -0.720. The van der Waals surface area contributed by atoms with E-state index >= 15 is 0 Å². The monoisotopic (exact) mass is 139 g/mol. The molecule has 0 saturated heterocycles. The highest BCUT2D eigenvalue weighted by Gasteiger charge is 2.02. The van der Waals surface area contributed by atoms with Crippen LogP contribution in [0.25, 0.3) is 0 Å². The summed E-state index contributed by atoms with van der Waals surface area (Å²) >= 11 is 0. The van der Waals surface area contributed by atoms with Gasteiger partial charge in [-0.05, 0) is 20.8 Å². The predicted molar refractivity (Wildman–Crippen MR) is 46.9 cm³/mol. The van der Waals surface area contributed by atoms with Gasteiger partial charge in [0.1, 0.15) is 0 Å². The largest absolute Gasteiger partial charge is 0.372 e. The maximum Gasteiger partial charge on any atom is 0.0435 e. The van der Waals surface area contributed by atoms with E-state index in [4.69, 9.17) is 0 Å². The minimum atomic E-state index is 0.427. The van der Waals surface area contributed by atoms with E-state index in [0.29, 0.717) is 6.04 Å². The van der Waals surface area contributed by atoms with E-state index in [0.717, 1.165) is 0 Å². The molecular formula is C9H17N. The van der Waals surface area contributed by atoms with E-state index in [-0.39, 0.29) is 0 Å². The van der Waals surface area contributed by atoms with E-state index in [1.165, 1.54) is 5.70 Å². The van der Waals surface area contributed by atoms with Gasteiger partial charge in [-0.2, -0.15) is 0 Å². The second-order valence-corrected chi connectivity index (χ2v) is 2.52. The van der Waals surface area contributed by atoms with Crippen LogP contribution in [0.2, 0.25) is 0 Å². The lowest BCUT2D eigenvalue weighted by Crippen LogP contribution is -2.24. The first-order valence-electron chi connectivity index (χ1n) is 3.61. The molecule has 0 aromatic rings. The average Bonchev–Trinajstić information content (AvgIpc) is 2.00. The fourth-order valence-electron chi connectivity index (χ4n) is 0.683. The normalized spacial score (nSPS) is 14.6. The zero-order chi connectivity index (χ0) is 8.15. The molecule has 0 aliphatic carbocycles. The molecule has 0 bridgehead atoms. The van der Waals surface area contributed by atoms with Gasteiger partial charge in [0.2, 0.25) is 0 Å². The topological polar surface area (TPSA) is 3.24 Å². The van der Waals surface area contributed by atoms with Crippen LogP contribution in [-0.2, 0) is 0 Å². The van der Waals surface area contributed by atoms with Crippen LogP contribution in [0.1, 0.15) is 20.8 Å². The van der Waals surface area contributed by atoms with Gasteiger partial charge in [0.25, 0.3) is 0 Å². The van der Waals surface area contributed by atoms with Gasteiger partial charge in [-0.1, -0.05) is 12.2 Å². The molecule has 0 spiro atoms. The molecule has 0 aromatic heterocycles. The van der Waals surface area contributed by atoms with Gasteiger partial charge in [-0.15, -0.1) is 6.58 Å². The molecule has 0 saturated carbocycles. The Morgan fingerprint density at radius 3 is 2.40 bits per heavy atom. The Morgan fingerprint density at radius 1 is 1.60 bits per heavy atom. The molecular weight excluding hydrogens is 122 g/mol. The van der Waals surface area contributed by atoms with E-state index in [9.17, 15) is 0 Å². The molecule has 1 nitrogen and oxygen atoms in total. The van der Waals surface area contributed by atoms with Gasteiger partial charge in [-0.25, -0.2) is 0 Å². The summed E-state index contributed by atoms with van der Waals surface area (Å²) in [6.45, 7) is 10.00. The van der Waals surface area contributed by atoms with Crippen molar-refractivity contribution in [1.82, 2.24) is 4.90 Å². The van der Waals surface area contributed by atoms with Crippen LogP contribution < -0.4 is 0 Å². The van der Waals surface area contributed by atoms with E-state index in [2.05, 4.69) is 38.5 Å². The maximum absolute atomic E-state index is 3.73. The Balaban J connectivity index is 4.06. The fraction of sp³-hybridized carbons (Fsp3) is 0.556. The first kappa shape index (κ1) is 9.28. The smallest absolute Gasteiger partial charge is 0.0435 e. The Kier molecular flexibility index (Phi) is 3.85. The van der Waals surface area contributed by atoms with Gasteiger partial charge in [0.05, 0.1) is 0 Å². The lowest BCUT2D eigenvalue weighted by molar-refractivity contribution is 0.374. The molecule has 0 heterocycles. The summed E-state index contributed by atoms with van der Waals surface area (Å²) in [5.74, 6) is 0. The predicted octanol–water partition coefficient (Wildman–Crippen LogP) is 2.42. The minimum Gasteiger partial charge on any atom is -0.372 e. The Labute approximate surface area is 64.0 Å². The third kappa shape index (κ3) is 2.26. The quantitative estimate of drug-likeness (QED) is 0.543. The van der Waals surface area contributed by atoms with Crippen molar-refractivity contribution in [3.63, 3.8) is 0 Å². The van der Waals surface area contributed by atoms with Gasteiger partial charge >= 0.3 is 0 Å². The highest BCUT2D eigenvalue weighted by atomic mass is 15.1. The highest BCUT2D eigenvalue weighted by molar-refractivity contribution is 4.99. The van der Waals surface area contributed by atoms with Crippen LogP contribution in [0.3, 0.4) is 0 Å². The second-order valence-electron chi connectivity index (χ2n) is 2.52. The summed E-state index contributed by atoms with van der Waals surface area (Å²) in [4.78, 5) is 2.19. The number of nitrogens with zero attached hydrogens (tertiary/aromatic N) is 1. The third-order valence-electron chi connectivity index (χ3n) is 1.93. The van der Waals surface area contributed by atoms with Crippen molar-refractivity contribution < 1.29 is 0 Å². The van der Waals surface area contributed by atoms with Gasteiger partial charge in [0.15, 0.2) is 0 Å². The number of allylic oxidation sites excluding steroid dienone is 2. The SMILES string of the molecule is C=CC(C)N(C)C(C)=CC. The van der Waals surface area contributed by atoms with Crippen LogP contribution in [0, 0.1) is 0 Å². The molecule has 0 aliphatic rings. The average molecular weight is 139 g/mol. The van der Waals surface area contributed by atoms with Crippen LogP contribution in [0.5, 0.6) is 0 Å². The zero-order valence-corrected chi connectivity index (χ0v) is 7.39. The Bertz CT molecular complexity index is 136. The van der Waals surface area contributed by atoms with Crippen LogP contribution in [0.15, 0.2) is 24.4 Å². The molecule has 0 N–H and O–H groups in total. The van der Waals surface area contributed by atoms with Gasteiger partial charge < -0.3 is 4.90 Å². The zero-order valence-electron chi connectivity index (χ0n) is 7.39. The lowest BCUT2D eigenvalue weighted by Gasteiger charge is -2.24. The molecule has 0 amide bonds. The first-order valence-corrected chi connectivity index (χ1v) is 3.61. The summed E-state index contributed by atoms with van der Waals surface area (Å²) < 4.78 is 0. The molecule has 1 heteroatoms. The molecule has 1 atom stereocenters. The molecule has 58 valence electrons. The van der Waals surface area contributed by atoms with E-state index in [1.54, 1.807) is 0 Å². The fourth-order valence-corrected chi connectivity index (χ4v) is 0.683. The molecule has 0 rings (SSSR count). The molecule has 0 aliphatic heterocycles. The first-order chi connectivity index (χ1) is 4.63. The number of hydrogen-bond acceptors (Lipinski definition) is 1. The summed E-state index contributed by atoms with van der Waals surface area (Å²) in [7, 11) is 2.07. The van der Waals surface area contributed by atoms with Crippen molar-refractivity contribution in [1.29, 1.82) is 0 Å². The highest BCUT2D eigenvalue weighted by Crippen LogP contribution is 2.05. The third-order valence-corrected chi connectivity index (χ3v) is 1.93. The van der Waals surface area contributed by atoms with Crippen LogP contribution in [-0.4, -0.2) is 18.0 Å². The van der Waals surface area contributed by atoms with Crippen molar-refractivity contribution in [2.75, 3.05) is 7.05 Å². The number of rotatable bonds is 3. The number of likely N-dealkylation sites (N-methyl/N-ethyl adjacent to an activating group) is 1. The van der Waals surface area contributed by atoms with Crippen molar-refractivity contribution in [3.8, 4) is 0 Å². The summed E-state index contributed by atoms with van der Waals surface area (Å²) in [5, 5.41) is 0. The minimum absolute atomic E-state index is 0.427. The Morgan fingerprint density at radius 2 is 2.10 bits per heavy atom. The standard InChI is InChI=1S/C9H17N/c1-6-8(3)10(5)9(4)7-2/h6-8H,1H2,2-5H3. The summed E-state index contributed by atoms with van der Waals surface area (Å²) in [6.07, 6.45) is 4.03. The van der Waals surface area contributed by atoms with Crippen molar-refractivity contribution >= 4 is 0 Å². The second kappa shape index (κ2) is 4.15. The van der Waals surface area contributed by atoms with E-state index in [1.807, 2.05) is 13.0 Å². The van der Waals surface area contributed by atoms with Gasteiger partial charge in [-0.3, -0.25) is 0 Å². The van der Waals surface area contributed by atoms with Crippen molar-refractivity contribution in [3.05, 3.63) is 24.4 Å². The van der Waals surface area contributed by atoms with Crippen LogP contribution in [0.4, 0.5) is 0 Å². The van der Waals surface area contributed by atoms with Crippen LogP contribution >= 0.6 is 0 Å². The molecule has 0 fully saturated rings. The molecule has 10 heavy (non-hydrogen) atoms. The maximum atomic E-state index is 3.73. The summed E-state index contributed by atoms with van der Waals surface area (Å²) in [6, 6.07) is 0.427. The summed E-state index contributed by atoms with van der Waals surface area (Å²) in [5.41, 5.74) is 1.28. The van der Waals surface area contributed by atoms with E-state index < -0.39 is 0 Å². The lowest BCUT2D eigenvalue weighted by atomic mass is 10.2. The molecule has 0 radical (unpaired) electrons. The molecule has 0 aromatic carbocycles. The van der Waals surface area contributed by atoms with Crippen molar-refractivity contribution in [2.45, 2.75) is 26.8 Å². The van der Waals surface area contributed by atoms with Crippen molar-refractivity contribution in [2.24, 2.45) is 0 Å².